The average molecular weight is 341 g/mol. The Balaban J connectivity index is 2.86. The Morgan fingerprint density at radius 2 is 1.76 bits per heavy atom. The molecule has 0 bridgehead atoms. The van der Waals surface area contributed by atoms with E-state index < -0.39 is 11.7 Å². The molecule has 0 aliphatic rings. The minimum Gasteiger partial charge on any atom is -0.444 e. The number of carbonyl (C=O) groups excluding carboxylic acids is 1. The first-order valence-corrected chi connectivity index (χ1v) is 6.38. The van der Waals surface area contributed by atoms with Crippen molar-refractivity contribution in [3.63, 3.8) is 0 Å². The van der Waals surface area contributed by atoms with Crippen LogP contribution < -0.4 is 5.32 Å². The van der Waals surface area contributed by atoms with E-state index in [0.29, 0.717) is 15.7 Å². The molecule has 1 N–H and O–H groups in total. The first-order valence-electron chi connectivity index (χ1n) is 4.83. The standard InChI is InChI=1S/C11H12BrCl2NO2/c1-11(2,3)17-10(16)15-9-7(13)4-6(12)5-8(9)14/h4-5H,1-3H3,(H,15,16). The van der Waals surface area contributed by atoms with Crippen molar-refractivity contribution in [2.45, 2.75) is 26.4 Å². The van der Waals surface area contributed by atoms with Gasteiger partial charge in [-0.15, -0.1) is 0 Å². The lowest BCUT2D eigenvalue weighted by Gasteiger charge is -2.20. The van der Waals surface area contributed by atoms with Crippen LogP contribution in [0.4, 0.5) is 10.5 Å². The summed E-state index contributed by atoms with van der Waals surface area (Å²) in [5.41, 5.74) is -0.232. The molecule has 1 aromatic carbocycles. The zero-order valence-corrected chi connectivity index (χ0v) is 12.7. The fourth-order valence-electron chi connectivity index (χ4n) is 1.07. The van der Waals surface area contributed by atoms with Crippen molar-refractivity contribution >= 4 is 50.9 Å². The van der Waals surface area contributed by atoms with Gasteiger partial charge in [0.05, 0.1) is 15.7 Å². The highest BCUT2D eigenvalue weighted by Gasteiger charge is 2.18. The molecule has 0 saturated carbocycles. The molecule has 0 unspecified atom stereocenters. The van der Waals surface area contributed by atoms with Gasteiger partial charge >= 0.3 is 6.09 Å². The van der Waals surface area contributed by atoms with Crippen LogP contribution in [0, 0.1) is 0 Å². The lowest BCUT2D eigenvalue weighted by molar-refractivity contribution is 0.0636. The Bertz CT molecular complexity index is 421. The van der Waals surface area contributed by atoms with E-state index in [-0.39, 0.29) is 0 Å². The van der Waals surface area contributed by atoms with Crippen molar-refractivity contribution in [3.05, 3.63) is 26.7 Å². The number of benzene rings is 1. The zero-order chi connectivity index (χ0) is 13.2. The molecule has 0 radical (unpaired) electrons. The molecule has 17 heavy (non-hydrogen) atoms. The molecular weight excluding hydrogens is 329 g/mol. The van der Waals surface area contributed by atoms with Crippen molar-refractivity contribution < 1.29 is 9.53 Å². The average Bonchev–Trinajstić information content (AvgIpc) is 2.08. The number of amides is 1. The monoisotopic (exact) mass is 339 g/mol. The predicted octanol–water partition coefficient (Wildman–Crippen LogP) is 5.10. The Morgan fingerprint density at radius 3 is 2.18 bits per heavy atom. The molecule has 0 saturated heterocycles. The summed E-state index contributed by atoms with van der Waals surface area (Å²) in [6.45, 7) is 5.33. The fraction of sp³-hybridized carbons (Fsp3) is 0.364. The van der Waals surface area contributed by atoms with Crippen molar-refractivity contribution in [1.29, 1.82) is 0 Å². The summed E-state index contributed by atoms with van der Waals surface area (Å²) in [6.07, 6.45) is -0.594. The van der Waals surface area contributed by atoms with E-state index in [4.69, 9.17) is 27.9 Å². The minimum atomic E-state index is -0.594. The smallest absolute Gasteiger partial charge is 0.412 e. The van der Waals surface area contributed by atoms with Crippen LogP contribution in [0.3, 0.4) is 0 Å². The molecule has 1 rings (SSSR count). The quantitative estimate of drug-likeness (QED) is 0.772. The number of carbonyl (C=O) groups is 1. The van der Waals surface area contributed by atoms with E-state index in [1.54, 1.807) is 32.9 Å². The van der Waals surface area contributed by atoms with Crippen molar-refractivity contribution in [2.75, 3.05) is 5.32 Å². The van der Waals surface area contributed by atoms with Gasteiger partial charge in [-0.1, -0.05) is 39.1 Å². The van der Waals surface area contributed by atoms with Gasteiger partial charge in [-0.25, -0.2) is 4.79 Å². The number of halogens is 3. The van der Waals surface area contributed by atoms with E-state index in [1.165, 1.54) is 0 Å². The fourth-order valence-corrected chi connectivity index (χ4v) is 2.37. The van der Waals surface area contributed by atoms with Gasteiger partial charge in [-0.2, -0.15) is 0 Å². The third-order valence-corrected chi connectivity index (χ3v) is 2.69. The maximum Gasteiger partial charge on any atom is 0.412 e. The second-order valence-corrected chi connectivity index (χ2v) is 6.10. The van der Waals surface area contributed by atoms with Crippen LogP contribution in [0.15, 0.2) is 16.6 Å². The summed E-state index contributed by atoms with van der Waals surface area (Å²) >= 11 is 15.2. The van der Waals surface area contributed by atoms with Crippen LogP contribution in [-0.4, -0.2) is 11.7 Å². The molecule has 0 fully saturated rings. The van der Waals surface area contributed by atoms with E-state index in [9.17, 15) is 4.79 Å². The van der Waals surface area contributed by atoms with Crippen molar-refractivity contribution in [2.24, 2.45) is 0 Å². The van der Waals surface area contributed by atoms with Gasteiger partial charge in [0.2, 0.25) is 0 Å². The van der Waals surface area contributed by atoms with Gasteiger partial charge in [-0.3, -0.25) is 5.32 Å². The maximum atomic E-state index is 11.6. The van der Waals surface area contributed by atoms with E-state index in [0.717, 1.165) is 4.47 Å². The second kappa shape index (κ2) is 5.46. The first kappa shape index (κ1) is 14.6. The van der Waals surface area contributed by atoms with Gasteiger partial charge in [-0.05, 0) is 32.9 Å². The molecule has 0 spiro atoms. The Labute approximate surface area is 119 Å². The molecular formula is C11H12BrCl2NO2. The Morgan fingerprint density at radius 1 is 1.29 bits per heavy atom. The molecule has 3 nitrogen and oxygen atoms in total. The first-order chi connectivity index (χ1) is 7.69. The normalized spacial score (nSPS) is 11.2. The van der Waals surface area contributed by atoms with E-state index in [1.807, 2.05) is 0 Å². The van der Waals surface area contributed by atoms with Crippen LogP contribution in [0.1, 0.15) is 20.8 Å². The number of nitrogens with one attached hydrogen (secondary N) is 1. The van der Waals surface area contributed by atoms with Crippen molar-refractivity contribution in [3.8, 4) is 0 Å². The molecule has 0 aliphatic heterocycles. The lowest BCUT2D eigenvalue weighted by Crippen LogP contribution is -2.27. The lowest BCUT2D eigenvalue weighted by atomic mass is 10.2. The summed E-state index contributed by atoms with van der Waals surface area (Å²) in [6, 6.07) is 3.28. The van der Waals surface area contributed by atoms with E-state index >= 15 is 0 Å². The molecule has 1 amide bonds. The maximum absolute atomic E-state index is 11.6. The Hall–Kier alpha value is -0.450. The minimum absolute atomic E-state index is 0.339. The summed E-state index contributed by atoms with van der Waals surface area (Å²) in [4.78, 5) is 11.6. The number of anilines is 1. The van der Waals surface area contributed by atoms with Gasteiger partial charge in [0.15, 0.2) is 0 Å². The van der Waals surface area contributed by atoms with Gasteiger partial charge in [0.25, 0.3) is 0 Å². The molecule has 0 aromatic heterocycles. The predicted molar refractivity (Wildman–Crippen MR) is 74.0 cm³/mol. The third-order valence-electron chi connectivity index (χ3n) is 1.63. The van der Waals surface area contributed by atoms with Crippen LogP contribution >= 0.6 is 39.1 Å². The Kier molecular flexibility index (Phi) is 4.69. The van der Waals surface area contributed by atoms with E-state index in [2.05, 4.69) is 21.2 Å². The molecule has 6 heteroatoms. The van der Waals surface area contributed by atoms with Crippen LogP contribution in [0.2, 0.25) is 10.0 Å². The number of hydrogen-bond acceptors (Lipinski definition) is 2. The summed E-state index contributed by atoms with van der Waals surface area (Å²) in [5.74, 6) is 0. The van der Waals surface area contributed by atoms with Gasteiger partial charge in [0.1, 0.15) is 5.60 Å². The summed E-state index contributed by atoms with van der Waals surface area (Å²) in [7, 11) is 0. The molecule has 1 aromatic rings. The molecule has 0 heterocycles. The highest BCUT2D eigenvalue weighted by molar-refractivity contribution is 9.10. The second-order valence-electron chi connectivity index (χ2n) is 4.37. The molecule has 94 valence electrons. The number of hydrogen-bond donors (Lipinski definition) is 1. The third kappa shape index (κ3) is 4.74. The highest BCUT2D eigenvalue weighted by atomic mass is 79.9. The number of ether oxygens (including phenoxy) is 1. The summed E-state index contributed by atoms with van der Waals surface area (Å²) in [5, 5.41) is 3.20. The molecule has 0 aliphatic carbocycles. The number of rotatable bonds is 1. The van der Waals surface area contributed by atoms with Crippen LogP contribution in [0.25, 0.3) is 0 Å². The topological polar surface area (TPSA) is 38.3 Å². The SMILES string of the molecule is CC(C)(C)OC(=O)Nc1c(Cl)cc(Br)cc1Cl. The molecule has 0 atom stereocenters. The van der Waals surface area contributed by atoms with Crippen LogP contribution in [-0.2, 0) is 4.74 Å². The largest absolute Gasteiger partial charge is 0.444 e. The van der Waals surface area contributed by atoms with Crippen molar-refractivity contribution in [1.82, 2.24) is 0 Å². The van der Waals surface area contributed by atoms with Gasteiger partial charge in [0, 0.05) is 4.47 Å². The van der Waals surface area contributed by atoms with Gasteiger partial charge < -0.3 is 4.74 Å². The zero-order valence-electron chi connectivity index (χ0n) is 9.61. The van der Waals surface area contributed by atoms with Crippen LogP contribution in [0.5, 0.6) is 0 Å². The summed E-state index contributed by atoms with van der Waals surface area (Å²) < 4.78 is 5.84. The highest BCUT2D eigenvalue weighted by Crippen LogP contribution is 2.34.